The van der Waals surface area contributed by atoms with Crippen molar-refractivity contribution in [3.8, 4) is 22.5 Å². The monoisotopic (exact) mass is 312 g/mol. The summed E-state index contributed by atoms with van der Waals surface area (Å²) in [6.45, 7) is 2.14. The highest BCUT2D eigenvalue weighted by molar-refractivity contribution is 5.87. The van der Waals surface area contributed by atoms with Gasteiger partial charge in [0.1, 0.15) is 7.05 Å². The van der Waals surface area contributed by atoms with Crippen LogP contribution in [0.25, 0.3) is 33.4 Å². The van der Waals surface area contributed by atoms with E-state index in [1.165, 1.54) is 22.0 Å². The fraction of sp³-hybridized carbons (Fsp3) is 0.0952. The third-order valence-corrected chi connectivity index (χ3v) is 4.43. The minimum absolute atomic E-state index is 0.886. The first-order valence-electron chi connectivity index (χ1n) is 8.00. The summed E-state index contributed by atoms with van der Waals surface area (Å²) >= 11 is 0. The maximum Gasteiger partial charge on any atom is 0.222 e. The van der Waals surface area contributed by atoms with Gasteiger partial charge >= 0.3 is 0 Å². The number of pyridine rings is 1. The Kier molecular flexibility index (Phi) is 3.54. The number of aryl methyl sites for hydroxylation is 2. The van der Waals surface area contributed by atoms with Crippen molar-refractivity contribution in [2.45, 2.75) is 6.92 Å². The van der Waals surface area contributed by atoms with Gasteiger partial charge in [-0.3, -0.25) is 9.97 Å². The van der Waals surface area contributed by atoms with Gasteiger partial charge in [0.05, 0.1) is 17.5 Å². The molecule has 0 atom stereocenters. The van der Waals surface area contributed by atoms with Gasteiger partial charge < -0.3 is 0 Å². The maximum absolute atomic E-state index is 4.54. The average molecular weight is 312 g/mol. The van der Waals surface area contributed by atoms with E-state index in [0.29, 0.717) is 0 Å². The van der Waals surface area contributed by atoms with Crippen LogP contribution in [0.4, 0.5) is 0 Å². The Labute approximate surface area is 141 Å². The van der Waals surface area contributed by atoms with Gasteiger partial charge in [0, 0.05) is 29.4 Å². The fourth-order valence-electron chi connectivity index (χ4n) is 3.24. The van der Waals surface area contributed by atoms with E-state index in [1.807, 2.05) is 6.20 Å². The van der Waals surface area contributed by atoms with E-state index in [1.54, 1.807) is 12.4 Å². The van der Waals surface area contributed by atoms with Gasteiger partial charge in [-0.2, -0.15) is 4.57 Å². The highest BCUT2D eigenvalue weighted by Gasteiger charge is 2.23. The molecule has 0 spiro atoms. The molecule has 0 amide bonds. The summed E-state index contributed by atoms with van der Waals surface area (Å²) in [7, 11) is 2.12. The van der Waals surface area contributed by atoms with E-state index in [0.717, 1.165) is 17.0 Å². The van der Waals surface area contributed by atoms with Gasteiger partial charge in [-0.25, -0.2) is 0 Å². The van der Waals surface area contributed by atoms with Crippen LogP contribution in [0.15, 0.2) is 73.2 Å². The molecule has 3 nitrogen and oxygen atoms in total. The Morgan fingerprint density at radius 1 is 0.875 bits per heavy atom. The Morgan fingerprint density at radius 3 is 2.46 bits per heavy atom. The smallest absolute Gasteiger partial charge is 0.222 e. The Balaban J connectivity index is 2.14. The summed E-state index contributed by atoms with van der Waals surface area (Å²) in [5.74, 6) is 0. The quantitative estimate of drug-likeness (QED) is 0.522. The van der Waals surface area contributed by atoms with Crippen LogP contribution in [0.3, 0.4) is 0 Å². The number of aromatic nitrogens is 3. The molecule has 2 aromatic heterocycles. The fourth-order valence-corrected chi connectivity index (χ4v) is 3.24. The maximum atomic E-state index is 4.54. The van der Waals surface area contributed by atoms with Crippen molar-refractivity contribution in [1.29, 1.82) is 0 Å². The molecule has 0 aliphatic heterocycles. The van der Waals surface area contributed by atoms with Crippen LogP contribution in [0.1, 0.15) is 5.56 Å². The first kappa shape index (κ1) is 14.5. The van der Waals surface area contributed by atoms with E-state index in [4.69, 9.17) is 0 Å². The van der Waals surface area contributed by atoms with Crippen molar-refractivity contribution < 1.29 is 4.57 Å². The Bertz CT molecular complexity index is 1020. The Morgan fingerprint density at radius 2 is 1.67 bits per heavy atom. The van der Waals surface area contributed by atoms with Gasteiger partial charge in [0.25, 0.3) is 0 Å². The second-order valence-corrected chi connectivity index (χ2v) is 5.93. The van der Waals surface area contributed by atoms with Gasteiger partial charge in [-0.1, -0.05) is 30.3 Å². The highest BCUT2D eigenvalue weighted by Crippen LogP contribution is 2.32. The van der Waals surface area contributed by atoms with Gasteiger partial charge in [0.2, 0.25) is 11.2 Å². The largest absolute Gasteiger partial charge is 0.261 e. The molecule has 0 saturated carbocycles. The number of benzene rings is 2. The van der Waals surface area contributed by atoms with Crippen molar-refractivity contribution in [1.82, 2.24) is 9.97 Å². The normalized spacial score (nSPS) is 10.9. The molecule has 0 N–H and O–H groups in total. The van der Waals surface area contributed by atoms with Gasteiger partial charge in [-0.15, -0.1) is 0 Å². The predicted molar refractivity (Wildman–Crippen MR) is 96.3 cm³/mol. The molecule has 0 bridgehead atoms. The van der Waals surface area contributed by atoms with Crippen molar-refractivity contribution in [2.24, 2.45) is 7.05 Å². The topological polar surface area (TPSA) is 29.7 Å². The minimum atomic E-state index is 0.886. The van der Waals surface area contributed by atoms with Crippen LogP contribution in [0.5, 0.6) is 0 Å². The standard InChI is InChI=1S/C21H18N3/c1-15-7-3-5-9-17(15)21-18(19-14-22-11-12-23-19)13-16-8-4-6-10-20(16)24(21)2/h3-14H,1-2H3/q+1. The molecule has 0 radical (unpaired) electrons. The number of rotatable bonds is 2. The summed E-state index contributed by atoms with van der Waals surface area (Å²) in [6, 6.07) is 19.1. The zero-order valence-corrected chi connectivity index (χ0v) is 13.8. The molecule has 0 aliphatic carbocycles. The number of nitrogens with zero attached hydrogens (tertiary/aromatic N) is 3. The SMILES string of the molecule is Cc1ccccc1-c1c(-c2cnccn2)cc2ccccc2[n+]1C. The van der Waals surface area contributed by atoms with Crippen molar-refractivity contribution in [2.75, 3.05) is 0 Å². The van der Waals surface area contributed by atoms with Gasteiger partial charge in [-0.05, 0) is 30.7 Å². The number of hydrogen-bond acceptors (Lipinski definition) is 2. The summed E-state index contributed by atoms with van der Waals surface area (Å²) in [5, 5.41) is 1.19. The highest BCUT2D eigenvalue weighted by atomic mass is 14.9. The van der Waals surface area contributed by atoms with Crippen molar-refractivity contribution in [3.05, 3.63) is 78.8 Å². The zero-order chi connectivity index (χ0) is 16.5. The molecule has 24 heavy (non-hydrogen) atoms. The summed E-state index contributed by atoms with van der Waals surface area (Å²) < 4.78 is 2.25. The van der Waals surface area contributed by atoms with E-state index in [9.17, 15) is 0 Å². The average Bonchev–Trinajstić information content (AvgIpc) is 2.63. The second-order valence-electron chi connectivity index (χ2n) is 5.93. The lowest BCUT2D eigenvalue weighted by molar-refractivity contribution is -0.633. The summed E-state index contributed by atoms with van der Waals surface area (Å²) in [6.07, 6.45) is 5.27. The minimum Gasteiger partial charge on any atom is -0.261 e. The number of hydrogen-bond donors (Lipinski definition) is 0. The molecule has 4 rings (SSSR count). The van der Waals surface area contributed by atoms with E-state index in [-0.39, 0.29) is 0 Å². The van der Waals surface area contributed by atoms with Crippen LogP contribution in [0, 0.1) is 6.92 Å². The second kappa shape index (κ2) is 5.85. The molecular formula is C21H18N3+. The number of para-hydroxylation sites is 1. The van der Waals surface area contributed by atoms with Crippen molar-refractivity contribution in [3.63, 3.8) is 0 Å². The first-order valence-corrected chi connectivity index (χ1v) is 8.00. The molecule has 2 aromatic carbocycles. The van der Waals surface area contributed by atoms with Crippen LogP contribution in [-0.2, 0) is 7.05 Å². The molecule has 4 aromatic rings. The zero-order valence-electron chi connectivity index (χ0n) is 13.8. The lowest BCUT2D eigenvalue weighted by atomic mass is 9.97. The molecule has 2 heterocycles. The number of fused-ring (bicyclic) bond motifs is 1. The molecule has 0 aliphatic rings. The van der Waals surface area contributed by atoms with Crippen molar-refractivity contribution >= 4 is 10.9 Å². The third-order valence-electron chi connectivity index (χ3n) is 4.43. The third kappa shape index (κ3) is 2.35. The van der Waals surface area contributed by atoms with E-state index < -0.39 is 0 Å². The molecule has 0 unspecified atom stereocenters. The first-order chi connectivity index (χ1) is 11.8. The summed E-state index contributed by atoms with van der Waals surface area (Å²) in [4.78, 5) is 8.79. The lowest BCUT2D eigenvalue weighted by Gasteiger charge is -2.11. The van der Waals surface area contributed by atoms with E-state index in [2.05, 4.69) is 83.1 Å². The predicted octanol–water partition coefficient (Wildman–Crippen LogP) is 4.10. The van der Waals surface area contributed by atoms with Crippen LogP contribution in [0.2, 0.25) is 0 Å². The summed E-state index contributed by atoms with van der Waals surface area (Å²) in [5.41, 5.74) is 6.80. The molecule has 0 saturated heterocycles. The molecule has 116 valence electrons. The lowest BCUT2D eigenvalue weighted by Crippen LogP contribution is -2.33. The molecule has 0 fully saturated rings. The van der Waals surface area contributed by atoms with Crippen LogP contribution in [-0.4, -0.2) is 9.97 Å². The van der Waals surface area contributed by atoms with Gasteiger partial charge in [0.15, 0.2) is 0 Å². The molecule has 3 heteroatoms. The van der Waals surface area contributed by atoms with Crippen LogP contribution < -0.4 is 4.57 Å². The Hall–Kier alpha value is -3.07. The van der Waals surface area contributed by atoms with Crippen LogP contribution >= 0.6 is 0 Å². The van der Waals surface area contributed by atoms with E-state index >= 15 is 0 Å². The molecular weight excluding hydrogens is 294 g/mol.